The third-order valence-electron chi connectivity index (χ3n) is 4.24. The van der Waals surface area contributed by atoms with E-state index in [1.165, 1.54) is 19.2 Å². The number of carbonyl (C=O) groups excluding carboxylic acids is 3. The fourth-order valence-corrected chi connectivity index (χ4v) is 2.83. The topological polar surface area (TPSA) is 81.7 Å². The summed E-state index contributed by atoms with van der Waals surface area (Å²) < 4.78 is 10.1. The number of carbonyl (C=O) groups is 3. The lowest BCUT2D eigenvalue weighted by molar-refractivity contribution is 0.0474. The number of anilines is 1. The van der Waals surface area contributed by atoms with Gasteiger partial charge in [0.05, 0.1) is 23.3 Å². The molecule has 0 aliphatic heterocycles. The molecule has 30 heavy (non-hydrogen) atoms. The average molecular weight is 424 g/mol. The van der Waals surface area contributed by atoms with Crippen molar-refractivity contribution in [2.24, 2.45) is 0 Å². The van der Waals surface area contributed by atoms with Crippen LogP contribution >= 0.6 is 11.6 Å². The number of benzene rings is 3. The van der Waals surface area contributed by atoms with Gasteiger partial charge in [-0.05, 0) is 60.7 Å². The molecule has 0 aliphatic rings. The van der Waals surface area contributed by atoms with Crippen LogP contribution in [-0.4, -0.2) is 31.4 Å². The summed E-state index contributed by atoms with van der Waals surface area (Å²) in [4.78, 5) is 36.6. The summed E-state index contributed by atoms with van der Waals surface area (Å²) >= 11 is 6.02. The second-order valence-corrected chi connectivity index (χ2v) is 6.65. The molecule has 0 saturated carbocycles. The van der Waals surface area contributed by atoms with E-state index in [-0.39, 0.29) is 23.9 Å². The van der Waals surface area contributed by atoms with Crippen LogP contribution in [-0.2, 0) is 4.74 Å². The van der Waals surface area contributed by atoms with E-state index in [1.54, 1.807) is 60.7 Å². The van der Waals surface area contributed by atoms with Crippen LogP contribution in [0.4, 0.5) is 5.69 Å². The number of ketones is 1. The first-order valence-electron chi connectivity index (χ1n) is 8.98. The quantitative estimate of drug-likeness (QED) is 0.442. The molecular weight excluding hydrogens is 406 g/mol. The van der Waals surface area contributed by atoms with Gasteiger partial charge in [0.1, 0.15) is 5.75 Å². The van der Waals surface area contributed by atoms with Crippen molar-refractivity contribution in [1.82, 2.24) is 0 Å². The lowest BCUT2D eigenvalue weighted by atomic mass is 10.1. The third-order valence-corrected chi connectivity index (χ3v) is 4.57. The fraction of sp³-hybridized carbons (Fsp3) is 0.0870. The van der Waals surface area contributed by atoms with Crippen LogP contribution in [0.5, 0.6) is 5.75 Å². The zero-order valence-electron chi connectivity index (χ0n) is 16.1. The normalized spacial score (nSPS) is 10.2. The minimum Gasteiger partial charge on any atom is -0.497 e. The number of hydrogen-bond donors (Lipinski definition) is 1. The molecule has 0 spiro atoms. The van der Waals surface area contributed by atoms with Crippen LogP contribution in [0.3, 0.4) is 0 Å². The molecule has 7 heteroatoms. The van der Waals surface area contributed by atoms with E-state index in [0.717, 1.165) is 0 Å². The molecule has 152 valence electrons. The summed E-state index contributed by atoms with van der Waals surface area (Å²) in [5, 5.41) is 3.05. The number of methoxy groups -OCH3 is 1. The molecule has 0 aromatic heterocycles. The number of hydrogen-bond acceptors (Lipinski definition) is 5. The third kappa shape index (κ3) is 5.24. The molecule has 0 atom stereocenters. The van der Waals surface area contributed by atoms with Gasteiger partial charge >= 0.3 is 5.97 Å². The summed E-state index contributed by atoms with van der Waals surface area (Å²) in [6.07, 6.45) is 0. The highest BCUT2D eigenvalue weighted by Crippen LogP contribution is 2.18. The van der Waals surface area contributed by atoms with Gasteiger partial charge in [-0.25, -0.2) is 4.79 Å². The van der Waals surface area contributed by atoms with Gasteiger partial charge in [0.15, 0.2) is 12.4 Å². The van der Waals surface area contributed by atoms with Crippen LogP contribution in [0, 0.1) is 0 Å². The lowest BCUT2D eigenvalue weighted by Crippen LogP contribution is -2.15. The number of amides is 1. The van der Waals surface area contributed by atoms with E-state index in [9.17, 15) is 14.4 Å². The Bertz CT molecular complexity index is 1060. The van der Waals surface area contributed by atoms with Crippen LogP contribution in [0.2, 0.25) is 5.02 Å². The van der Waals surface area contributed by atoms with E-state index in [4.69, 9.17) is 21.1 Å². The zero-order chi connectivity index (χ0) is 21.5. The van der Waals surface area contributed by atoms with Gasteiger partial charge in [-0.15, -0.1) is 0 Å². The van der Waals surface area contributed by atoms with Crippen molar-refractivity contribution in [1.29, 1.82) is 0 Å². The molecule has 0 radical (unpaired) electrons. The number of nitrogens with one attached hydrogen (secondary N) is 1. The van der Waals surface area contributed by atoms with Gasteiger partial charge in [-0.1, -0.05) is 23.7 Å². The Hall–Kier alpha value is -3.64. The molecule has 0 saturated heterocycles. The number of esters is 1. The van der Waals surface area contributed by atoms with Crippen molar-refractivity contribution < 1.29 is 23.9 Å². The summed E-state index contributed by atoms with van der Waals surface area (Å²) in [5.41, 5.74) is 1.51. The molecule has 6 nitrogen and oxygen atoms in total. The SMILES string of the molecule is COc1ccc(C(=O)COC(=O)c2ccc(NC(=O)c3ccccc3Cl)cc2)cc1. The van der Waals surface area contributed by atoms with Gasteiger partial charge < -0.3 is 14.8 Å². The van der Waals surface area contributed by atoms with Crippen molar-refractivity contribution in [3.8, 4) is 5.75 Å². The van der Waals surface area contributed by atoms with Gasteiger partial charge in [0.2, 0.25) is 0 Å². The van der Waals surface area contributed by atoms with E-state index in [1.807, 2.05) is 0 Å². The Balaban J connectivity index is 1.56. The standard InChI is InChI=1S/C23H18ClNO5/c1-29-18-12-8-15(9-13-18)21(26)14-30-23(28)16-6-10-17(11-7-16)25-22(27)19-4-2-3-5-20(19)24/h2-13H,14H2,1H3,(H,25,27). The van der Waals surface area contributed by atoms with Crippen molar-refractivity contribution in [2.75, 3.05) is 19.0 Å². The predicted octanol–water partition coefficient (Wildman–Crippen LogP) is 4.64. The molecule has 0 unspecified atom stereocenters. The van der Waals surface area contributed by atoms with Gasteiger partial charge in [-0.3, -0.25) is 9.59 Å². The van der Waals surface area contributed by atoms with Crippen LogP contribution in [0.15, 0.2) is 72.8 Å². The Labute approximate surface area is 178 Å². The van der Waals surface area contributed by atoms with E-state index >= 15 is 0 Å². The Morgan fingerprint density at radius 2 is 1.50 bits per heavy atom. The van der Waals surface area contributed by atoms with Crippen molar-refractivity contribution in [3.63, 3.8) is 0 Å². The summed E-state index contributed by atoms with van der Waals surface area (Å²) in [5.74, 6) is -0.693. The molecule has 1 N–H and O–H groups in total. The van der Waals surface area contributed by atoms with Crippen LogP contribution in [0.25, 0.3) is 0 Å². The molecule has 0 heterocycles. The number of halogens is 1. The predicted molar refractivity (Wildman–Crippen MR) is 113 cm³/mol. The molecular formula is C23H18ClNO5. The monoisotopic (exact) mass is 423 g/mol. The first kappa shape index (κ1) is 21.1. The minimum absolute atomic E-state index is 0.258. The highest BCUT2D eigenvalue weighted by Gasteiger charge is 2.13. The Morgan fingerprint density at radius 1 is 0.867 bits per heavy atom. The Morgan fingerprint density at radius 3 is 2.13 bits per heavy atom. The fourth-order valence-electron chi connectivity index (χ4n) is 2.61. The molecule has 3 aromatic carbocycles. The maximum Gasteiger partial charge on any atom is 0.338 e. The molecule has 3 aromatic rings. The summed E-state index contributed by atoms with van der Waals surface area (Å²) in [6, 6.07) is 19.3. The maximum atomic E-state index is 12.3. The molecule has 0 aliphatic carbocycles. The summed E-state index contributed by atoms with van der Waals surface area (Å²) in [6.45, 7) is -0.379. The molecule has 3 rings (SSSR count). The van der Waals surface area contributed by atoms with Crippen LogP contribution in [0.1, 0.15) is 31.1 Å². The number of Topliss-reactive ketones (excluding diaryl/α,β-unsaturated/α-hetero) is 1. The second-order valence-electron chi connectivity index (χ2n) is 6.24. The first-order valence-corrected chi connectivity index (χ1v) is 9.36. The largest absolute Gasteiger partial charge is 0.497 e. The van der Waals surface area contributed by atoms with Gasteiger partial charge in [0.25, 0.3) is 5.91 Å². The molecule has 0 fully saturated rings. The highest BCUT2D eigenvalue weighted by molar-refractivity contribution is 6.34. The number of rotatable bonds is 7. The van der Waals surface area contributed by atoms with Crippen molar-refractivity contribution in [2.45, 2.75) is 0 Å². The van der Waals surface area contributed by atoms with E-state index in [2.05, 4.69) is 5.32 Å². The minimum atomic E-state index is -0.638. The van der Waals surface area contributed by atoms with E-state index < -0.39 is 5.97 Å². The van der Waals surface area contributed by atoms with Crippen molar-refractivity contribution in [3.05, 3.63) is 94.5 Å². The first-order chi connectivity index (χ1) is 14.5. The number of ether oxygens (including phenoxy) is 2. The van der Waals surface area contributed by atoms with Gasteiger partial charge in [-0.2, -0.15) is 0 Å². The second kappa shape index (κ2) is 9.71. The molecule has 0 bridgehead atoms. The Kier molecular flexibility index (Phi) is 6.83. The maximum absolute atomic E-state index is 12.3. The highest BCUT2D eigenvalue weighted by atomic mass is 35.5. The summed E-state index contributed by atoms with van der Waals surface area (Å²) in [7, 11) is 1.53. The van der Waals surface area contributed by atoms with Gasteiger partial charge in [0, 0.05) is 11.3 Å². The van der Waals surface area contributed by atoms with Crippen molar-refractivity contribution >= 4 is 34.9 Å². The van der Waals surface area contributed by atoms with E-state index in [0.29, 0.717) is 27.6 Å². The zero-order valence-corrected chi connectivity index (χ0v) is 16.8. The smallest absolute Gasteiger partial charge is 0.338 e. The van der Waals surface area contributed by atoms with Crippen LogP contribution < -0.4 is 10.1 Å². The molecule has 1 amide bonds. The lowest BCUT2D eigenvalue weighted by Gasteiger charge is -2.08. The average Bonchev–Trinajstić information content (AvgIpc) is 2.78.